The van der Waals surface area contributed by atoms with Crippen LogP contribution in [-0.2, 0) is 11.2 Å². The number of aryl methyl sites for hydroxylation is 1. The number of rotatable bonds is 10. The molecule has 1 heterocycles. The second-order valence-electron chi connectivity index (χ2n) is 7.53. The molecule has 0 radical (unpaired) electrons. The van der Waals surface area contributed by atoms with Gasteiger partial charge in [0.05, 0.1) is 25.2 Å². The van der Waals surface area contributed by atoms with Crippen LogP contribution in [0.2, 0.25) is 0 Å². The molecule has 158 valence electrons. The Hall–Kier alpha value is -2.92. The Bertz CT molecular complexity index is 930. The summed E-state index contributed by atoms with van der Waals surface area (Å²) in [4.78, 5) is 16.9. The zero-order chi connectivity index (χ0) is 21.3. The first-order chi connectivity index (χ1) is 14.7. The van der Waals surface area contributed by atoms with Crippen molar-refractivity contribution >= 4 is 5.91 Å². The maximum absolute atomic E-state index is 12.7. The maximum Gasteiger partial charge on any atom is 0.270 e. The predicted molar refractivity (Wildman–Crippen MR) is 121 cm³/mol. The number of carbonyl (C=O) groups excluding carboxylic acids is 1. The number of aromatic nitrogens is 2. The summed E-state index contributed by atoms with van der Waals surface area (Å²) >= 11 is 0. The van der Waals surface area contributed by atoms with Gasteiger partial charge in [-0.15, -0.1) is 0 Å². The maximum atomic E-state index is 12.7. The average Bonchev–Trinajstić information content (AvgIpc) is 3.28. The van der Waals surface area contributed by atoms with Crippen LogP contribution in [0, 0.1) is 0 Å². The summed E-state index contributed by atoms with van der Waals surface area (Å²) < 4.78 is 6.98. The first kappa shape index (κ1) is 21.8. The van der Waals surface area contributed by atoms with Gasteiger partial charge in [-0.25, -0.2) is 4.98 Å². The van der Waals surface area contributed by atoms with Crippen LogP contribution in [0.25, 0.3) is 16.8 Å². The van der Waals surface area contributed by atoms with E-state index in [-0.39, 0.29) is 11.9 Å². The van der Waals surface area contributed by atoms with Gasteiger partial charge in [-0.05, 0) is 48.1 Å². The molecule has 3 rings (SSSR count). The molecule has 0 fully saturated rings. The van der Waals surface area contributed by atoms with Gasteiger partial charge in [-0.1, -0.05) is 56.7 Å². The Balaban J connectivity index is 1.74. The molecule has 5 heteroatoms. The van der Waals surface area contributed by atoms with Crippen molar-refractivity contribution in [3.05, 3.63) is 72.3 Å². The van der Waals surface area contributed by atoms with E-state index in [4.69, 9.17) is 4.74 Å². The van der Waals surface area contributed by atoms with Gasteiger partial charge in [0.25, 0.3) is 5.91 Å². The van der Waals surface area contributed by atoms with Gasteiger partial charge in [0, 0.05) is 12.8 Å². The van der Waals surface area contributed by atoms with Crippen LogP contribution in [0.5, 0.6) is 0 Å². The van der Waals surface area contributed by atoms with Crippen LogP contribution in [-0.4, -0.2) is 35.2 Å². The summed E-state index contributed by atoms with van der Waals surface area (Å²) in [6.45, 7) is 4.73. The molecule has 1 N–H and O–H groups in total. The van der Waals surface area contributed by atoms with Crippen LogP contribution >= 0.6 is 0 Å². The van der Waals surface area contributed by atoms with E-state index >= 15 is 0 Å². The van der Waals surface area contributed by atoms with Gasteiger partial charge in [0.2, 0.25) is 0 Å². The SMILES string of the molecule is CCCCc1ccc(-c2ccc(-n3cncc3C(=O)N[C@@H](CC)COC)cc2)cc1. The zero-order valence-electron chi connectivity index (χ0n) is 18.1. The molecule has 0 aliphatic carbocycles. The van der Waals surface area contributed by atoms with Crippen molar-refractivity contribution in [1.82, 2.24) is 14.9 Å². The van der Waals surface area contributed by atoms with Gasteiger partial charge < -0.3 is 10.1 Å². The lowest BCUT2D eigenvalue weighted by molar-refractivity contribution is 0.0888. The summed E-state index contributed by atoms with van der Waals surface area (Å²) in [5, 5.41) is 3.01. The van der Waals surface area contributed by atoms with E-state index in [9.17, 15) is 4.79 Å². The molecule has 0 aliphatic heterocycles. The molecule has 2 aromatic carbocycles. The van der Waals surface area contributed by atoms with E-state index in [0.29, 0.717) is 12.3 Å². The van der Waals surface area contributed by atoms with Crippen molar-refractivity contribution in [3.63, 3.8) is 0 Å². The quantitative estimate of drug-likeness (QED) is 0.514. The minimum atomic E-state index is -0.150. The van der Waals surface area contributed by atoms with Crippen LogP contribution in [0.15, 0.2) is 61.1 Å². The summed E-state index contributed by atoms with van der Waals surface area (Å²) in [6.07, 6.45) is 7.63. The molecule has 0 bridgehead atoms. The topological polar surface area (TPSA) is 56.2 Å². The van der Waals surface area contributed by atoms with E-state index in [2.05, 4.69) is 53.6 Å². The number of imidazole rings is 1. The number of benzene rings is 2. The summed E-state index contributed by atoms with van der Waals surface area (Å²) in [5.74, 6) is -0.150. The van der Waals surface area contributed by atoms with Gasteiger partial charge >= 0.3 is 0 Å². The minimum Gasteiger partial charge on any atom is -0.383 e. The fourth-order valence-corrected chi connectivity index (χ4v) is 3.45. The molecule has 0 saturated carbocycles. The van der Waals surface area contributed by atoms with Crippen LogP contribution in [0.4, 0.5) is 0 Å². The van der Waals surface area contributed by atoms with E-state index in [0.717, 1.165) is 24.1 Å². The number of amides is 1. The number of nitrogens with zero attached hydrogens (tertiary/aromatic N) is 2. The number of hydrogen-bond acceptors (Lipinski definition) is 3. The van der Waals surface area contributed by atoms with E-state index < -0.39 is 0 Å². The van der Waals surface area contributed by atoms with Crippen molar-refractivity contribution in [3.8, 4) is 16.8 Å². The monoisotopic (exact) mass is 405 g/mol. The highest BCUT2D eigenvalue weighted by molar-refractivity contribution is 5.93. The number of ether oxygens (including phenoxy) is 1. The van der Waals surface area contributed by atoms with Crippen LogP contribution in [0.3, 0.4) is 0 Å². The highest BCUT2D eigenvalue weighted by Crippen LogP contribution is 2.23. The highest BCUT2D eigenvalue weighted by atomic mass is 16.5. The van der Waals surface area contributed by atoms with Crippen molar-refractivity contribution in [2.75, 3.05) is 13.7 Å². The summed E-state index contributed by atoms with van der Waals surface area (Å²) in [5.41, 5.74) is 5.14. The van der Waals surface area contributed by atoms with Gasteiger partial charge in [-0.2, -0.15) is 0 Å². The number of carbonyl (C=O) groups is 1. The molecule has 0 saturated heterocycles. The third-order valence-electron chi connectivity index (χ3n) is 5.32. The molecule has 0 unspecified atom stereocenters. The predicted octanol–water partition coefficient (Wildman–Crippen LogP) is 5.04. The Labute approximate surface area is 179 Å². The fraction of sp³-hybridized carbons (Fsp3) is 0.360. The number of unbranched alkanes of at least 4 members (excludes halogenated alkanes) is 1. The smallest absolute Gasteiger partial charge is 0.270 e. The molecule has 5 nitrogen and oxygen atoms in total. The van der Waals surface area contributed by atoms with Crippen molar-refractivity contribution < 1.29 is 9.53 Å². The number of nitrogens with one attached hydrogen (secondary N) is 1. The fourth-order valence-electron chi connectivity index (χ4n) is 3.45. The van der Waals surface area contributed by atoms with Gasteiger partial charge in [-0.3, -0.25) is 9.36 Å². The lowest BCUT2D eigenvalue weighted by Gasteiger charge is -2.16. The Morgan fingerprint density at radius 1 is 1.07 bits per heavy atom. The lowest BCUT2D eigenvalue weighted by Crippen LogP contribution is -2.38. The largest absolute Gasteiger partial charge is 0.383 e. The minimum absolute atomic E-state index is 0.0199. The van der Waals surface area contributed by atoms with Crippen LogP contribution in [0.1, 0.15) is 49.2 Å². The second kappa shape index (κ2) is 10.7. The first-order valence-corrected chi connectivity index (χ1v) is 10.7. The zero-order valence-corrected chi connectivity index (χ0v) is 18.1. The molecule has 1 atom stereocenters. The molecule has 1 amide bonds. The molecule has 0 aliphatic rings. The molecule has 3 aromatic rings. The summed E-state index contributed by atoms with van der Waals surface area (Å²) in [6, 6.07) is 17.0. The Kier molecular flexibility index (Phi) is 7.80. The normalized spacial score (nSPS) is 12.0. The van der Waals surface area contributed by atoms with E-state index in [1.54, 1.807) is 19.6 Å². The van der Waals surface area contributed by atoms with Crippen molar-refractivity contribution in [1.29, 1.82) is 0 Å². The third-order valence-corrected chi connectivity index (χ3v) is 5.32. The van der Waals surface area contributed by atoms with Crippen LogP contribution < -0.4 is 5.32 Å². The standard InChI is InChI=1S/C25H31N3O2/c1-4-6-7-19-8-10-20(11-9-19)21-12-14-23(15-13-21)28-18-26-16-24(28)25(29)27-22(5-2)17-30-3/h8-16,18,22H,4-7,17H2,1-3H3,(H,27,29)/t22-/m0/s1. The third kappa shape index (κ3) is 5.36. The first-order valence-electron chi connectivity index (χ1n) is 10.7. The van der Waals surface area contributed by atoms with Crippen molar-refractivity contribution in [2.45, 2.75) is 45.6 Å². The Morgan fingerprint density at radius 2 is 1.73 bits per heavy atom. The van der Waals surface area contributed by atoms with Gasteiger partial charge in [0.15, 0.2) is 0 Å². The number of hydrogen-bond donors (Lipinski definition) is 1. The van der Waals surface area contributed by atoms with E-state index in [1.165, 1.54) is 24.0 Å². The molecular formula is C25H31N3O2. The van der Waals surface area contributed by atoms with Crippen molar-refractivity contribution in [2.24, 2.45) is 0 Å². The molecule has 30 heavy (non-hydrogen) atoms. The highest BCUT2D eigenvalue weighted by Gasteiger charge is 2.16. The average molecular weight is 406 g/mol. The molecular weight excluding hydrogens is 374 g/mol. The lowest BCUT2D eigenvalue weighted by atomic mass is 10.0. The number of methoxy groups -OCH3 is 1. The molecule has 0 spiro atoms. The van der Waals surface area contributed by atoms with Gasteiger partial charge in [0.1, 0.15) is 5.69 Å². The Morgan fingerprint density at radius 3 is 2.33 bits per heavy atom. The van der Waals surface area contributed by atoms with E-state index in [1.807, 2.05) is 23.6 Å². The molecule has 1 aromatic heterocycles. The summed E-state index contributed by atoms with van der Waals surface area (Å²) in [7, 11) is 1.64. The second-order valence-corrected chi connectivity index (χ2v) is 7.53.